The van der Waals surface area contributed by atoms with E-state index in [0.717, 1.165) is 6.07 Å². The van der Waals surface area contributed by atoms with Gasteiger partial charge in [0.15, 0.2) is 0 Å². The number of pyridine rings is 1. The molecule has 2 fully saturated rings. The quantitative estimate of drug-likeness (QED) is 0.720. The van der Waals surface area contributed by atoms with Crippen LogP contribution in [0.3, 0.4) is 0 Å². The van der Waals surface area contributed by atoms with Crippen LogP contribution in [-0.2, 0) is 6.18 Å². The number of nitrogens with zero attached hydrogens (tertiary/aromatic N) is 3. The van der Waals surface area contributed by atoms with Gasteiger partial charge in [0.2, 0.25) is 0 Å². The van der Waals surface area contributed by atoms with Gasteiger partial charge in [0.05, 0.1) is 17.8 Å². The van der Waals surface area contributed by atoms with Gasteiger partial charge in [-0.1, -0.05) is 0 Å². The van der Waals surface area contributed by atoms with Crippen molar-refractivity contribution < 1.29 is 28.5 Å². The molecule has 0 radical (unpaired) electrons. The van der Waals surface area contributed by atoms with Gasteiger partial charge in [0.1, 0.15) is 11.9 Å². The highest BCUT2D eigenvalue weighted by Crippen LogP contribution is 2.36. The lowest BCUT2D eigenvalue weighted by atomic mass is 10.00. The minimum absolute atomic E-state index is 0.0494. The van der Waals surface area contributed by atoms with Crippen LogP contribution in [0.15, 0.2) is 18.3 Å². The van der Waals surface area contributed by atoms with Crippen LogP contribution >= 0.6 is 0 Å². The standard InChI is InChI=1S/C16H22F3N3O3/c17-16(18,19)11-2-1-4-20-15(11)22-5-3-10(7-22)6-21-8-12(23)14(25)13(24)9-21/h1-2,4,10,12-14,23-25H,3,5-9H2/t10-,12?,13?,14?/m1/s1. The number of rotatable bonds is 3. The maximum Gasteiger partial charge on any atom is 0.419 e. The van der Waals surface area contributed by atoms with Crippen molar-refractivity contribution in [3.8, 4) is 0 Å². The molecule has 0 saturated carbocycles. The van der Waals surface area contributed by atoms with E-state index in [4.69, 9.17) is 0 Å². The summed E-state index contributed by atoms with van der Waals surface area (Å²) < 4.78 is 39.4. The molecule has 2 unspecified atom stereocenters. The summed E-state index contributed by atoms with van der Waals surface area (Å²) in [6.45, 7) is 1.95. The van der Waals surface area contributed by atoms with Crippen LogP contribution in [0.4, 0.5) is 19.0 Å². The molecular weight excluding hydrogens is 339 g/mol. The predicted octanol–water partition coefficient (Wildman–Crippen LogP) is 0.325. The van der Waals surface area contributed by atoms with Crippen LogP contribution in [0.1, 0.15) is 12.0 Å². The molecule has 1 aromatic rings. The number of likely N-dealkylation sites (tertiary alicyclic amines) is 1. The average molecular weight is 361 g/mol. The maximum atomic E-state index is 13.1. The zero-order chi connectivity index (χ0) is 18.2. The van der Waals surface area contributed by atoms with Crippen molar-refractivity contribution in [1.82, 2.24) is 9.88 Å². The number of hydrogen-bond acceptors (Lipinski definition) is 6. The van der Waals surface area contributed by atoms with E-state index in [1.807, 2.05) is 4.90 Å². The Morgan fingerprint density at radius 1 is 1.12 bits per heavy atom. The van der Waals surface area contributed by atoms with Gasteiger partial charge in [-0.3, -0.25) is 4.90 Å². The van der Waals surface area contributed by atoms with Crippen LogP contribution < -0.4 is 4.90 Å². The average Bonchev–Trinajstić information content (AvgIpc) is 3.00. The fraction of sp³-hybridized carbons (Fsp3) is 0.688. The number of aromatic nitrogens is 1. The number of aliphatic hydroxyl groups is 3. The van der Waals surface area contributed by atoms with Crippen molar-refractivity contribution in [2.75, 3.05) is 37.6 Å². The second-order valence-corrected chi connectivity index (χ2v) is 6.82. The zero-order valence-corrected chi connectivity index (χ0v) is 13.6. The summed E-state index contributed by atoms with van der Waals surface area (Å²) in [5.74, 6) is 0.0596. The van der Waals surface area contributed by atoms with Crippen LogP contribution in [-0.4, -0.2) is 76.2 Å². The lowest BCUT2D eigenvalue weighted by Crippen LogP contribution is -2.56. The van der Waals surface area contributed by atoms with Crippen molar-refractivity contribution in [3.63, 3.8) is 0 Å². The number of alkyl halides is 3. The minimum atomic E-state index is -4.45. The molecule has 0 bridgehead atoms. The van der Waals surface area contributed by atoms with E-state index < -0.39 is 30.1 Å². The lowest BCUT2D eigenvalue weighted by molar-refractivity contribution is -0.137. The Balaban J connectivity index is 1.63. The van der Waals surface area contributed by atoms with Gasteiger partial charge in [0.25, 0.3) is 0 Å². The summed E-state index contributed by atoms with van der Waals surface area (Å²) >= 11 is 0. The molecule has 1 aromatic heterocycles. The van der Waals surface area contributed by atoms with E-state index in [-0.39, 0.29) is 24.8 Å². The normalized spacial score (nSPS) is 31.5. The highest BCUT2D eigenvalue weighted by atomic mass is 19.4. The van der Waals surface area contributed by atoms with Crippen LogP contribution in [0.5, 0.6) is 0 Å². The Morgan fingerprint density at radius 3 is 2.44 bits per heavy atom. The molecule has 0 spiro atoms. The first-order valence-electron chi connectivity index (χ1n) is 8.29. The van der Waals surface area contributed by atoms with E-state index in [9.17, 15) is 28.5 Å². The van der Waals surface area contributed by atoms with E-state index in [2.05, 4.69) is 4.98 Å². The van der Waals surface area contributed by atoms with Gasteiger partial charge in [-0.15, -0.1) is 0 Å². The Hall–Kier alpha value is -1.42. The van der Waals surface area contributed by atoms with Crippen molar-refractivity contribution in [2.45, 2.75) is 30.9 Å². The Morgan fingerprint density at radius 2 is 1.80 bits per heavy atom. The number of β-amino-alcohol motifs (C(OH)–C–C–N with tert-alkyl or cyclic N) is 2. The molecule has 0 amide bonds. The first-order valence-corrected chi connectivity index (χ1v) is 8.29. The van der Waals surface area contributed by atoms with Gasteiger partial charge >= 0.3 is 6.18 Å². The third-order valence-electron chi connectivity index (χ3n) is 4.87. The fourth-order valence-electron chi connectivity index (χ4n) is 3.63. The van der Waals surface area contributed by atoms with Gasteiger partial charge < -0.3 is 20.2 Å². The smallest absolute Gasteiger partial charge is 0.389 e. The molecule has 3 atom stereocenters. The number of anilines is 1. The summed E-state index contributed by atoms with van der Waals surface area (Å²) in [4.78, 5) is 7.41. The molecule has 3 N–H and O–H groups in total. The van der Waals surface area contributed by atoms with Gasteiger partial charge in [-0.25, -0.2) is 4.98 Å². The largest absolute Gasteiger partial charge is 0.419 e. The first kappa shape index (κ1) is 18.4. The molecular formula is C16H22F3N3O3. The van der Waals surface area contributed by atoms with Crippen molar-refractivity contribution in [3.05, 3.63) is 23.9 Å². The van der Waals surface area contributed by atoms with E-state index in [1.165, 1.54) is 12.3 Å². The van der Waals surface area contributed by atoms with Crippen LogP contribution in [0, 0.1) is 5.92 Å². The molecule has 2 aliphatic heterocycles. The molecule has 2 aliphatic rings. The fourth-order valence-corrected chi connectivity index (χ4v) is 3.63. The molecule has 3 heterocycles. The zero-order valence-electron chi connectivity index (χ0n) is 13.6. The van der Waals surface area contributed by atoms with Crippen LogP contribution in [0.25, 0.3) is 0 Å². The number of halogens is 3. The second-order valence-electron chi connectivity index (χ2n) is 6.82. The second kappa shape index (κ2) is 7.06. The highest BCUT2D eigenvalue weighted by molar-refractivity contribution is 5.49. The Bertz CT molecular complexity index is 589. The highest BCUT2D eigenvalue weighted by Gasteiger charge is 2.38. The molecule has 3 rings (SSSR count). The maximum absolute atomic E-state index is 13.1. The predicted molar refractivity (Wildman–Crippen MR) is 84.0 cm³/mol. The summed E-state index contributed by atoms with van der Waals surface area (Å²) in [5, 5.41) is 29.1. The molecule has 25 heavy (non-hydrogen) atoms. The van der Waals surface area contributed by atoms with Gasteiger partial charge in [-0.05, 0) is 24.5 Å². The first-order chi connectivity index (χ1) is 11.8. The van der Waals surface area contributed by atoms with Gasteiger partial charge in [-0.2, -0.15) is 13.2 Å². The molecule has 6 nitrogen and oxygen atoms in total. The summed E-state index contributed by atoms with van der Waals surface area (Å²) in [6, 6.07) is 2.32. The summed E-state index contributed by atoms with van der Waals surface area (Å²) in [6.07, 6.45) is -5.57. The number of aliphatic hydroxyl groups excluding tert-OH is 3. The minimum Gasteiger partial charge on any atom is -0.389 e. The number of hydrogen-bond donors (Lipinski definition) is 3. The third-order valence-corrected chi connectivity index (χ3v) is 4.87. The molecule has 9 heteroatoms. The summed E-state index contributed by atoms with van der Waals surface area (Å²) in [7, 11) is 0. The summed E-state index contributed by atoms with van der Waals surface area (Å²) in [5.41, 5.74) is -0.734. The third kappa shape index (κ3) is 4.05. The van der Waals surface area contributed by atoms with Crippen LogP contribution in [0.2, 0.25) is 0 Å². The molecule has 0 aliphatic carbocycles. The van der Waals surface area contributed by atoms with Crippen molar-refractivity contribution >= 4 is 5.82 Å². The number of piperidine rings is 1. The lowest BCUT2D eigenvalue weighted by Gasteiger charge is -2.38. The SMILES string of the molecule is OC1CN(C[C@H]2CCN(c3ncccc3C(F)(F)F)C2)CC(O)C1O. The van der Waals surface area contributed by atoms with Crippen molar-refractivity contribution in [1.29, 1.82) is 0 Å². The molecule has 2 saturated heterocycles. The topological polar surface area (TPSA) is 80.1 Å². The molecule has 0 aromatic carbocycles. The monoisotopic (exact) mass is 361 g/mol. The van der Waals surface area contributed by atoms with E-state index in [1.54, 1.807) is 4.90 Å². The van der Waals surface area contributed by atoms with Gasteiger partial charge in [0, 0.05) is 38.9 Å². The Labute approximate surface area is 143 Å². The van der Waals surface area contributed by atoms with Crippen molar-refractivity contribution in [2.24, 2.45) is 5.92 Å². The van der Waals surface area contributed by atoms with E-state index >= 15 is 0 Å². The van der Waals surface area contributed by atoms with E-state index in [0.29, 0.717) is 26.1 Å². The molecule has 140 valence electrons. The Kier molecular flexibility index (Phi) is 5.19.